The highest BCUT2D eigenvalue weighted by Gasteiger charge is 2.26. The number of pyridine rings is 1. The number of nitrogens with zero attached hydrogens (tertiary/aromatic N) is 2. The van der Waals surface area contributed by atoms with Gasteiger partial charge in [-0.05, 0) is 31.4 Å². The fraction of sp³-hybridized carbons (Fsp3) is 0.417. The normalized spacial score (nSPS) is 15.1. The van der Waals surface area contributed by atoms with Gasteiger partial charge in [0.1, 0.15) is 10.7 Å². The van der Waals surface area contributed by atoms with Gasteiger partial charge in [0, 0.05) is 24.8 Å². The van der Waals surface area contributed by atoms with Crippen LogP contribution in [0.1, 0.15) is 35.3 Å². The van der Waals surface area contributed by atoms with E-state index in [0.717, 1.165) is 12.8 Å². The quantitative estimate of drug-likeness (QED) is 0.821. The summed E-state index contributed by atoms with van der Waals surface area (Å²) in [6, 6.07) is 3.78. The summed E-state index contributed by atoms with van der Waals surface area (Å²) < 4.78 is 0. The predicted octanol–water partition coefficient (Wildman–Crippen LogP) is 1.34. The second-order valence-corrected chi connectivity index (χ2v) is 4.74. The third-order valence-corrected chi connectivity index (χ3v) is 3.45. The number of carbonyl (C=O) groups is 1. The number of aromatic nitrogens is 1. The Bertz CT molecular complexity index is 440. The molecule has 1 amide bonds. The molecule has 17 heavy (non-hydrogen) atoms. The van der Waals surface area contributed by atoms with Gasteiger partial charge in [-0.15, -0.1) is 0 Å². The summed E-state index contributed by atoms with van der Waals surface area (Å²) >= 11 is 4.83. The van der Waals surface area contributed by atoms with Crippen LogP contribution in [0.3, 0.4) is 0 Å². The minimum Gasteiger partial charge on any atom is -0.389 e. The van der Waals surface area contributed by atoms with Crippen LogP contribution in [0.4, 0.5) is 0 Å². The van der Waals surface area contributed by atoms with Crippen LogP contribution >= 0.6 is 12.2 Å². The first-order valence-corrected chi connectivity index (χ1v) is 6.03. The lowest BCUT2D eigenvalue weighted by Gasteiger charge is -2.34. The Morgan fingerprint density at radius 2 is 2.24 bits per heavy atom. The molecule has 1 aliphatic carbocycles. The Kier molecular flexibility index (Phi) is 3.38. The molecule has 2 rings (SSSR count). The standard InChI is InChI=1S/C12H15N3OS/c1-15(9-3-2-4-9)12(16)10-6-5-8(7-14-10)11(13)17/h5-7,9H,2-4H2,1H3,(H2,13,17). The Morgan fingerprint density at radius 3 is 2.65 bits per heavy atom. The van der Waals surface area contributed by atoms with Crippen LogP contribution in [-0.4, -0.2) is 33.9 Å². The smallest absolute Gasteiger partial charge is 0.272 e. The molecule has 0 unspecified atom stereocenters. The highest BCUT2D eigenvalue weighted by Crippen LogP contribution is 2.24. The van der Waals surface area contributed by atoms with Crippen molar-refractivity contribution in [2.45, 2.75) is 25.3 Å². The van der Waals surface area contributed by atoms with E-state index in [1.807, 2.05) is 7.05 Å². The van der Waals surface area contributed by atoms with Crippen LogP contribution in [0.25, 0.3) is 0 Å². The summed E-state index contributed by atoms with van der Waals surface area (Å²) in [6.45, 7) is 0. The molecule has 90 valence electrons. The molecule has 2 N–H and O–H groups in total. The van der Waals surface area contributed by atoms with E-state index >= 15 is 0 Å². The molecule has 1 aromatic heterocycles. The van der Waals surface area contributed by atoms with E-state index in [9.17, 15) is 4.79 Å². The van der Waals surface area contributed by atoms with Gasteiger partial charge in [-0.2, -0.15) is 0 Å². The van der Waals surface area contributed by atoms with Gasteiger partial charge in [0.25, 0.3) is 5.91 Å². The van der Waals surface area contributed by atoms with E-state index in [4.69, 9.17) is 18.0 Å². The van der Waals surface area contributed by atoms with Gasteiger partial charge >= 0.3 is 0 Å². The van der Waals surface area contributed by atoms with E-state index in [1.54, 1.807) is 23.2 Å². The van der Waals surface area contributed by atoms with E-state index in [-0.39, 0.29) is 5.91 Å². The molecule has 1 aliphatic rings. The van der Waals surface area contributed by atoms with Crippen molar-refractivity contribution in [2.75, 3.05) is 7.05 Å². The Labute approximate surface area is 106 Å². The monoisotopic (exact) mass is 249 g/mol. The van der Waals surface area contributed by atoms with Crippen LogP contribution in [0, 0.1) is 0 Å². The van der Waals surface area contributed by atoms with Crippen molar-refractivity contribution in [1.29, 1.82) is 0 Å². The van der Waals surface area contributed by atoms with E-state index in [2.05, 4.69) is 4.98 Å². The average molecular weight is 249 g/mol. The molecule has 0 bridgehead atoms. The van der Waals surface area contributed by atoms with Gasteiger partial charge in [-0.3, -0.25) is 9.78 Å². The maximum absolute atomic E-state index is 12.1. The first-order chi connectivity index (χ1) is 8.09. The van der Waals surface area contributed by atoms with Crippen molar-refractivity contribution in [2.24, 2.45) is 5.73 Å². The molecule has 4 nitrogen and oxygen atoms in total. The summed E-state index contributed by atoms with van der Waals surface area (Å²) in [6.07, 6.45) is 4.93. The molecule has 1 saturated carbocycles. The molecule has 1 heterocycles. The molecule has 0 aromatic carbocycles. The second-order valence-electron chi connectivity index (χ2n) is 4.30. The molecule has 0 atom stereocenters. The zero-order chi connectivity index (χ0) is 12.4. The second kappa shape index (κ2) is 4.79. The number of amides is 1. The molecular weight excluding hydrogens is 234 g/mol. The van der Waals surface area contributed by atoms with Gasteiger partial charge in [0.05, 0.1) is 0 Å². The summed E-state index contributed by atoms with van der Waals surface area (Å²) in [5.74, 6) is -0.0378. The van der Waals surface area contributed by atoms with Crippen molar-refractivity contribution in [3.8, 4) is 0 Å². The summed E-state index contributed by atoms with van der Waals surface area (Å²) in [4.78, 5) is 18.2. The Balaban J connectivity index is 2.10. The number of thiocarbonyl (C=S) groups is 1. The summed E-state index contributed by atoms with van der Waals surface area (Å²) in [5.41, 5.74) is 6.60. The zero-order valence-corrected chi connectivity index (χ0v) is 10.5. The fourth-order valence-electron chi connectivity index (χ4n) is 1.79. The molecule has 0 radical (unpaired) electrons. The SMILES string of the molecule is CN(C(=O)c1ccc(C(N)=S)cn1)C1CCC1. The number of hydrogen-bond donors (Lipinski definition) is 1. The largest absolute Gasteiger partial charge is 0.389 e. The van der Waals surface area contributed by atoms with Gasteiger partial charge in [0.15, 0.2) is 0 Å². The zero-order valence-electron chi connectivity index (χ0n) is 9.72. The van der Waals surface area contributed by atoms with E-state index in [1.165, 1.54) is 6.42 Å². The number of hydrogen-bond acceptors (Lipinski definition) is 3. The molecule has 1 fully saturated rings. The number of nitrogens with two attached hydrogens (primary N) is 1. The van der Waals surface area contributed by atoms with Gasteiger partial charge < -0.3 is 10.6 Å². The lowest BCUT2D eigenvalue weighted by atomic mass is 9.92. The highest BCUT2D eigenvalue weighted by molar-refractivity contribution is 7.80. The van der Waals surface area contributed by atoms with Crippen LogP contribution in [0.5, 0.6) is 0 Å². The van der Waals surface area contributed by atoms with Crippen molar-refractivity contribution in [3.05, 3.63) is 29.6 Å². The van der Waals surface area contributed by atoms with Gasteiger partial charge in [-0.1, -0.05) is 12.2 Å². The summed E-state index contributed by atoms with van der Waals surface area (Å²) in [7, 11) is 1.83. The first kappa shape index (κ1) is 12.0. The molecule has 0 aliphatic heterocycles. The van der Waals surface area contributed by atoms with Gasteiger partial charge in [0.2, 0.25) is 0 Å². The van der Waals surface area contributed by atoms with Crippen LogP contribution in [-0.2, 0) is 0 Å². The minimum atomic E-state index is -0.0378. The third-order valence-electron chi connectivity index (χ3n) is 3.21. The van der Waals surface area contributed by atoms with E-state index in [0.29, 0.717) is 22.3 Å². The maximum Gasteiger partial charge on any atom is 0.272 e. The molecule has 0 saturated heterocycles. The van der Waals surface area contributed by atoms with Crippen molar-refractivity contribution in [3.63, 3.8) is 0 Å². The Morgan fingerprint density at radius 1 is 1.53 bits per heavy atom. The highest BCUT2D eigenvalue weighted by atomic mass is 32.1. The maximum atomic E-state index is 12.1. The topological polar surface area (TPSA) is 59.2 Å². The predicted molar refractivity (Wildman–Crippen MR) is 69.9 cm³/mol. The fourth-order valence-corrected chi connectivity index (χ4v) is 1.91. The van der Waals surface area contributed by atoms with Crippen LogP contribution in [0.2, 0.25) is 0 Å². The van der Waals surface area contributed by atoms with E-state index < -0.39 is 0 Å². The minimum absolute atomic E-state index is 0.0378. The van der Waals surface area contributed by atoms with Crippen LogP contribution < -0.4 is 5.73 Å². The summed E-state index contributed by atoms with van der Waals surface area (Å²) in [5, 5.41) is 0. The van der Waals surface area contributed by atoms with Gasteiger partial charge in [-0.25, -0.2) is 0 Å². The Hall–Kier alpha value is -1.49. The molecule has 5 heteroatoms. The van der Waals surface area contributed by atoms with Crippen molar-refractivity contribution < 1.29 is 4.79 Å². The van der Waals surface area contributed by atoms with Crippen LogP contribution in [0.15, 0.2) is 18.3 Å². The van der Waals surface area contributed by atoms with Crippen molar-refractivity contribution in [1.82, 2.24) is 9.88 Å². The molecule has 1 aromatic rings. The average Bonchev–Trinajstić information content (AvgIpc) is 2.25. The lowest BCUT2D eigenvalue weighted by molar-refractivity contribution is 0.0646. The molecule has 0 spiro atoms. The lowest BCUT2D eigenvalue weighted by Crippen LogP contribution is -2.41. The number of carbonyl (C=O) groups excluding carboxylic acids is 1. The molecular formula is C12H15N3OS. The number of rotatable bonds is 3. The van der Waals surface area contributed by atoms with Crippen molar-refractivity contribution >= 4 is 23.1 Å². The first-order valence-electron chi connectivity index (χ1n) is 5.62. The third kappa shape index (κ3) is 2.44.